The Balaban J connectivity index is 1.67. The number of furan rings is 1. The summed E-state index contributed by atoms with van der Waals surface area (Å²) in [5.41, 5.74) is 1.05. The fourth-order valence-corrected chi connectivity index (χ4v) is 2.06. The second-order valence-corrected chi connectivity index (χ2v) is 4.43. The van der Waals surface area contributed by atoms with E-state index in [0.29, 0.717) is 11.3 Å². The summed E-state index contributed by atoms with van der Waals surface area (Å²) in [6.07, 6.45) is 8.47. The summed E-state index contributed by atoms with van der Waals surface area (Å²) in [6, 6.07) is 1.61. The first-order valence-corrected chi connectivity index (χ1v) is 6.23. The van der Waals surface area contributed by atoms with Gasteiger partial charge in [0.05, 0.1) is 29.9 Å². The molecule has 0 aliphatic carbocycles. The highest BCUT2D eigenvalue weighted by Crippen LogP contribution is 2.16. The summed E-state index contributed by atoms with van der Waals surface area (Å²) < 4.78 is 4.86. The Morgan fingerprint density at radius 3 is 2.63 bits per heavy atom. The van der Waals surface area contributed by atoms with E-state index in [1.165, 1.54) is 25.4 Å². The molecular weight excluding hydrogens is 244 g/mol. The molecule has 1 aliphatic heterocycles. The maximum absolute atomic E-state index is 11.8. The zero-order valence-electron chi connectivity index (χ0n) is 10.4. The number of amides is 1. The molecule has 6 heteroatoms. The quantitative estimate of drug-likeness (QED) is 0.910. The standard InChI is InChI=1S/C13H14N4O2/c18-12(10-3-6-19-9-10)16-11-7-14-13(15-8-11)17-4-1-2-5-17/h3,6-9H,1-2,4-5H2,(H,16,18). The third-order valence-corrected chi connectivity index (χ3v) is 3.07. The third-order valence-electron chi connectivity index (χ3n) is 3.07. The largest absolute Gasteiger partial charge is 0.472 e. The summed E-state index contributed by atoms with van der Waals surface area (Å²) in [7, 11) is 0. The van der Waals surface area contributed by atoms with Crippen molar-refractivity contribution in [2.75, 3.05) is 23.3 Å². The van der Waals surface area contributed by atoms with Crippen LogP contribution >= 0.6 is 0 Å². The molecule has 0 radical (unpaired) electrons. The van der Waals surface area contributed by atoms with E-state index in [2.05, 4.69) is 20.2 Å². The first-order chi connectivity index (χ1) is 9.33. The molecular formula is C13H14N4O2. The molecule has 1 amide bonds. The Morgan fingerprint density at radius 1 is 1.26 bits per heavy atom. The first kappa shape index (κ1) is 11.7. The lowest BCUT2D eigenvalue weighted by atomic mass is 10.3. The van der Waals surface area contributed by atoms with Gasteiger partial charge in [-0.05, 0) is 18.9 Å². The predicted octanol–water partition coefficient (Wildman–Crippen LogP) is 1.92. The van der Waals surface area contributed by atoms with Crippen LogP contribution in [0.4, 0.5) is 11.6 Å². The van der Waals surface area contributed by atoms with Gasteiger partial charge < -0.3 is 14.6 Å². The van der Waals surface area contributed by atoms with Gasteiger partial charge in [0, 0.05) is 13.1 Å². The monoisotopic (exact) mass is 258 g/mol. The van der Waals surface area contributed by atoms with E-state index < -0.39 is 0 Å². The van der Waals surface area contributed by atoms with E-state index in [9.17, 15) is 4.79 Å². The second kappa shape index (κ2) is 5.09. The molecule has 19 heavy (non-hydrogen) atoms. The number of anilines is 2. The van der Waals surface area contributed by atoms with E-state index in [1.54, 1.807) is 18.5 Å². The number of hydrogen-bond donors (Lipinski definition) is 1. The van der Waals surface area contributed by atoms with Crippen molar-refractivity contribution in [3.05, 3.63) is 36.5 Å². The molecule has 3 rings (SSSR count). The molecule has 0 atom stereocenters. The second-order valence-electron chi connectivity index (χ2n) is 4.43. The van der Waals surface area contributed by atoms with E-state index in [4.69, 9.17) is 4.42 Å². The van der Waals surface area contributed by atoms with Crippen LogP contribution in [0, 0.1) is 0 Å². The van der Waals surface area contributed by atoms with Crippen molar-refractivity contribution in [2.45, 2.75) is 12.8 Å². The van der Waals surface area contributed by atoms with Crippen LogP contribution in [0.2, 0.25) is 0 Å². The normalized spacial score (nSPS) is 14.6. The van der Waals surface area contributed by atoms with Crippen LogP contribution in [0.25, 0.3) is 0 Å². The van der Waals surface area contributed by atoms with Crippen molar-refractivity contribution >= 4 is 17.5 Å². The zero-order valence-corrected chi connectivity index (χ0v) is 10.4. The number of carbonyl (C=O) groups excluding carboxylic acids is 1. The number of hydrogen-bond acceptors (Lipinski definition) is 5. The van der Waals surface area contributed by atoms with Gasteiger partial charge in [-0.2, -0.15) is 0 Å². The van der Waals surface area contributed by atoms with Gasteiger partial charge in [0.1, 0.15) is 6.26 Å². The number of nitrogens with one attached hydrogen (secondary N) is 1. The maximum atomic E-state index is 11.8. The minimum atomic E-state index is -0.230. The molecule has 0 bridgehead atoms. The number of carbonyl (C=O) groups is 1. The Bertz CT molecular complexity index is 545. The minimum absolute atomic E-state index is 0.230. The predicted molar refractivity (Wildman–Crippen MR) is 70.1 cm³/mol. The van der Waals surface area contributed by atoms with Crippen LogP contribution < -0.4 is 10.2 Å². The molecule has 0 saturated carbocycles. The number of aromatic nitrogens is 2. The minimum Gasteiger partial charge on any atom is -0.472 e. The van der Waals surface area contributed by atoms with Crippen molar-refractivity contribution in [3.8, 4) is 0 Å². The highest BCUT2D eigenvalue weighted by Gasteiger charge is 2.14. The maximum Gasteiger partial charge on any atom is 0.258 e. The highest BCUT2D eigenvalue weighted by molar-refractivity contribution is 6.03. The molecule has 0 unspecified atom stereocenters. The molecule has 0 aromatic carbocycles. The molecule has 0 spiro atoms. The molecule has 1 N–H and O–H groups in total. The average Bonchev–Trinajstić information content (AvgIpc) is 3.13. The molecule has 1 saturated heterocycles. The Morgan fingerprint density at radius 2 is 2.00 bits per heavy atom. The molecule has 2 aromatic heterocycles. The lowest BCUT2D eigenvalue weighted by molar-refractivity contribution is 0.102. The van der Waals surface area contributed by atoms with Gasteiger partial charge >= 0.3 is 0 Å². The molecule has 98 valence electrons. The third kappa shape index (κ3) is 2.57. The number of rotatable bonds is 3. The van der Waals surface area contributed by atoms with E-state index >= 15 is 0 Å². The van der Waals surface area contributed by atoms with Gasteiger partial charge in [0.25, 0.3) is 5.91 Å². The summed E-state index contributed by atoms with van der Waals surface area (Å²) in [4.78, 5) is 22.5. The van der Waals surface area contributed by atoms with Crippen LogP contribution in [0.1, 0.15) is 23.2 Å². The van der Waals surface area contributed by atoms with Crippen molar-refractivity contribution in [3.63, 3.8) is 0 Å². The van der Waals surface area contributed by atoms with E-state index in [-0.39, 0.29) is 5.91 Å². The topological polar surface area (TPSA) is 71.3 Å². The van der Waals surface area contributed by atoms with Crippen LogP contribution in [0.15, 0.2) is 35.4 Å². The van der Waals surface area contributed by atoms with Gasteiger partial charge in [-0.25, -0.2) is 9.97 Å². The first-order valence-electron chi connectivity index (χ1n) is 6.23. The van der Waals surface area contributed by atoms with E-state index in [0.717, 1.165) is 19.0 Å². The molecule has 6 nitrogen and oxygen atoms in total. The molecule has 1 fully saturated rings. The molecule has 3 heterocycles. The molecule has 1 aliphatic rings. The van der Waals surface area contributed by atoms with Crippen molar-refractivity contribution in [1.29, 1.82) is 0 Å². The summed E-state index contributed by atoms with van der Waals surface area (Å²) in [5, 5.41) is 2.72. The van der Waals surface area contributed by atoms with E-state index in [1.807, 2.05) is 0 Å². The lowest BCUT2D eigenvalue weighted by Crippen LogP contribution is -2.20. The average molecular weight is 258 g/mol. The lowest BCUT2D eigenvalue weighted by Gasteiger charge is -2.14. The van der Waals surface area contributed by atoms with Crippen LogP contribution in [0.5, 0.6) is 0 Å². The Labute approximate surface area is 110 Å². The fourth-order valence-electron chi connectivity index (χ4n) is 2.06. The highest BCUT2D eigenvalue weighted by atomic mass is 16.3. The summed E-state index contributed by atoms with van der Waals surface area (Å²) in [5.74, 6) is 0.491. The summed E-state index contributed by atoms with van der Waals surface area (Å²) >= 11 is 0. The smallest absolute Gasteiger partial charge is 0.258 e. The van der Waals surface area contributed by atoms with Crippen molar-refractivity contribution < 1.29 is 9.21 Å². The van der Waals surface area contributed by atoms with Crippen LogP contribution in [-0.4, -0.2) is 29.0 Å². The van der Waals surface area contributed by atoms with Gasteiger partial charge in [-0.15, -0.1) is 0 Å². The fraction of sp³-hybridized carbons (Fsp3) is 0.308. The number of nitrogens with zero attached hydrogens (tertiary/aromatic N) is 3. The summed E-state index contributed by atoms with van der Waals surface area (Å²) in [6.45, 7) is 2.00. The Hall–Kier alpha value is -2.37. The Kier molecular flexibility index (Phi) is 3.14. The zero-order chi connectivity index (χ0) is 13.1. The van der Waals surface area contributed by atoms with Gasteiger partial charge in [0.2, 0.25) is 5.95 Å². The van der Waals surface area contributed by atoms with Crippen molar-refractivity contribution in [2.24, 2.45) is 0 Å². The SMILES string of the molecule is O=C(Nc1cnc(N2CCCC2)nc1)c1ccoc1. The van der Waals surface area contributed by atoms with Gasteiger partial charge in [-0.1, -0.05) is 0 Å². The van der Waals surface area contributed by atoms with Crippen LogP contribution in [0.3, 0.4) is 0 Å². The van der Waals surface area contributed by atoms with Crippen molar-refractivity contribution in [1.82, 2.24) is 9.97 Å². The molecule has 2 aromatic rings. The van der Waals surface area contributed by atoms with Crippen LogP contribution in [-0.2, 0) is 0 Å². The van der Waals surface area contributed by atoms with Gasteiger partial charge in [0.15, 0.2) is 0 Å². The van der Waals surface area contributed by atoms with Gasteiger partial charge in [-0.3, -0.25) is 4.79 Å².